The summed E-state index contributed by atoms with van der Waals surface area (Å²) in [4.78, 5) is 39.9. The highest BCUT2D eigenvalue weighted by atomic mass is 32.2. The van der Waals surface area contributed by atoms with Crippen LogP contribution in [0.15, 0.2) is 47.9 Å². The molecule has 1 aromatic carbocycles. The molecule has 0 aliphatic carbocycles. The van der Waals surface area contributed by atoms with E-state index in [0.717, 1.165) is 28.6 Å². The van der Waals surface area contributed by atoms with E-state index in [1.807, 2.05) is 0 Å². The first-order chi connectivity index (χ1) is 14.8. The summed E-state index contributed by atoms with van der Waals surface area (Å²) in [5.41, 5.74) is 0.540. The number of hydrogen-bond donors (Lipinski definition) is 1. The minimum atomic E-state index is -4.19. The number of nitro groups is 1. The molecule has 14 heteroatoms. The zero-order valence-corrected chi connectivity index (χ0v) is 16.6. The number of aliphatic carboxylic acids is 1. The minimum absolute atomic E-state index is 0.125. The Kier molecular flexibility index (Phi) is 5.16. The van der Waals surface area contributed by atoms with Gasteiger partial charge in [0.1, 0.15) is 23.7 Å². The minimum Gasteiger partial charge on any atom is -0.480 e. The Morgan fingerprint density at radius 2 is 1.90 bits per heavy atom. The van der Waals surface area contributed by atoms with Gasteiger partial charge in [0.15, 0.2) is 5.65 Å². The van der Waals surface area contributed by atoms with Crippen molar-refractivity contribution in [1.82, 2.24) is 24.2 Å². The van der Waals surface area contributed by atoms with Gasteiger partial charge in [-0.2, -0.15) is 4.31 Å². The highest BCUT2D eigenvalue weighted by molar-refractivity contribution is 7.89. The Bertz CT molecular complexity index is 1270. The van der Waals surface area contributed by atoms with Crippen molar-refractivity contribution in [2.24, 2.45) is 0 Å². The molecule has 31 heavy (non-hydrogen) atoms. The monoisotopic (exact) mass is 445 g/mol. The van der Waals surface area contributed by atoms with Crippen molar-refractivity contribution in [3.05, 3.63) is 53.1 Å². The largest absolute Gasteiger partial charge is 0.480 e. The van der Waals surface area contributed by atoms with Crippen molar-refractivity contribution in [1.29, 1.82) is 0 Å². The molecule has 13 nitrogen and oxygen atoms in total. The van der Waals surface area contributed by atoms with Gasteiger partial charge < -0.3 is 10.0 Å². The number of non-ortho nitro benzene ring substituents is 1. The van der Waals surface area contributed by atoms with Crippen molar-refractivity contribution in [3.8, 4) is 0 Å². The number of nitro benzene ring substituents is 1. The van der Waals surface area contributed by atoms with E-state index in [9.17, 15) is 28.4 Å². The van der Waals surface area contributed by atoms with Gasteiger partial charge in [0, 0.05) is 31.8 Å². The van der Waals surface area contributed by atoms with Crippen LogP contribution in [-0.4, -0.2) is 74.3 Å². The molecule has 0 amide bonds. The highest BCUT2D eigenvalue weighted by Crippen LogP contribution is 2.25. The van der Waals surface area contributed by atoms with E-state index in [-0.39, 0.29) is 30.2 Å². The predicted molar refractivity (Wildman–Crippen MR) is 106 cm³/mol. The third-order valence-electron chi connectivity index (χ3n) is 4.81. The lowest BCUT2D eigenvalue weighted by Crippen LogP contribution is -2.58. The van der Waals surface area contributed by atoms with Crippen LogP contribution in [0.4, 0.5) is 11.5 Å². The summed E-state index contributed by atoms with van der Waals surface area (Å²) in [6, 6.07) is 2.91. The number of nitrogens with zero attached hydrogens (tertiary/aromatic N) is 7. The van der Waals surface area contributed by atoms with Crippen LogP contribution >= 0.6 is 0 Å². The maximum Gasteiger partial charge on any atom is 0.323 e. The molecule has 1 atom stereocenters. The standard InChI is InChI=1S/C17H15N7O6S/c25-17(26)14-9-22(15-8-19-13-7-18-10-20-16(13)21-15)5-6-23(14)31(29,30)12-3-1-11(2-4-12)24(27)28/h1-4,7-8,10,14H,5-6,9H2,(H,25,26)/t14-/m1/s1. The fourth-order valence-corrected chi connectivity index (χ4v) is 4.81. The van der Waals surface area contributed by atoms with E-state index in [1.165, 1.54) is 18.7 Å². The summed E-state index contributed by atoms with van der Waals surface area (Å²) in [7, 11) is -4.19. The van der Waals surface area contributed by atoms with E-state index in [4.69, 9.17) is 0 Å². The smallest absolute Gasteiger partial charge is 0.323 e. The van der Waals surface area contributed by atoms with Crippen LogP contribution in [0.25, 0.3) is 11.2 Å². The molecular formula is C17H15N7O6S. The summed E-state index contributed by atoms with van der Waals surface area (Å²) in [6.45, 7) is -0.117. The van der Waals surface area contributed by atoms with E-state index in [1.54, 1.807) is 4.90 Å². The Hall–Kier alpha value is -3.78. The molecule has 0 bridgehead atoms. The lowest BCUT2D eigenvalue weighted by molar-refractivity contribution is -0.384. The molecule has 0 saturated carbocycles. The van der Waals surface area contributed by atoms with Gasteiger partial charge in [0.05, 0.1) is 22.2 Å². The van der Waals surface area contributed by atoms with Crippen molar-refractivity contribution < 1.29 is 23.2 Å². The SMILES string of the molecule is O=C(O)[C@H]1CN(c2cnc3cncnc3n2)CCN1S(=O)(=O)c1ccc([N+](=O)[O-])cc1. The molecule has 1 fully saturated rings. The third kappa shape index (κ3) is 3.85. The average Bonchev–Trinajstić information content (AvgIpc) is 2.78. The topological polar surface area (TPSA) is 173 Å². The maximum absolute atomic E-state index is 13.0. The number of anilines is 1. The number of piperazine rings is 1. The van der Waals surface area contributed by atoms with E-state index in [2.05, 4.69) is 19.9 Å². The summed E-state index contributed by atoms with van der Waals surface area (Å²) in [5, 5.41) is 20.5. The first kappa shape index (κ1) is 20.5. The van der Waals surface area contributed by atoms with Crippen LogP contribution in [-0.2, 0) is 14.8 Å². The fourth-order valence-electron chi connectivity index (χ4n) is 3.25. The summed E-state index contributed by atoms with van der Waals surface area (Å²) in [6.07, 6.45) is 4.26. The number of rotatable bonds is 5. The van der Waals surface area contributed by atoms with Crippen LogP contribution in [0, 0.1) is 10.1 Å². The molecule has 3 aromatic rings. The van der Waals surface area contributed by atoms with Crippen molar-refractivity contribution in [3.63, 3.8) is 0 Å². The maximum atomic E-state index is 13.0. The van der Waals surface area contributed by atoms with Crippen LogP contribution in [0.1, 0.15) is 0 Å². The first-order valence-corrected chi connectivity index (χ1v) is 10.4. The number of carboxylic acids is 1. The molecule has 4 rings (SSSR count). The molecule has 3 heterocycles. The number of benzene rings is 1. The van der Waals surface area contributed by atoms with E-state index < -0.39 is 27.0 Å². The van der Waals surface area contributed by atoms with Crippen LogP contribution < -0.4 is 4.90 Å². The molecular weight excluding hydrogens is 430 g/mol. The average molecular weight is 445 g/mol. The normalized spacial score (nSPS) is 17.5. The van der Waals surface area contributed by atoms with E-state index >= 15 is 0 Å². The fraction of sp³-hybridized carbons (Fsp3) is 0.235. The van der Waals surface area contributed by atoms with Crippen molar-refractivity contribution in [2.75, 3.05) is 24.5 Å². The number of sulfonamides is 1. The zero-order valence-electron chi connectivity index (χ0n) is 15.8. The molecule has 1 aliphatic rings. The van der Waals surface area contributed by atoms with Crippen molar-refractivity contribution >= 4 is 38.7 Å². The van der Waals surface area contributed by atoms with Gasteiger partial charge in [-0.1, -0.05) is 0 Å². The number of hydrogen-bond acceptors (Lipinski definition) is 10. The van der Waals surface area contributed by atoms with Crippen molar-refractivity contribution in [2.45, 2.75) is 10.9 Å². The van der Waals surface area contributed by atoms with Gasteiger partial charge >= 0.3 is 5.97 Å². The number of carboxylic acid groups (broad SMARTS) is 1. The Balaban J connectivity index is 1.61. The summed E-state index contributed by atoms with van der Waals surface area (Å²) < 4.78 is 26.9. The van der Waals surface area contributed by atoms with Gasteiger partial charge in [-0.15, -0.1) is 0 Å². The van der Waals surface area contributed by atoms with E-state index in [0.29, 0.717) is 17.0 Å². The lowest BCUT2D eigenvalue weighted by atomic mass is 10.2. The Labute approximate surface area is 175 Å². The zero-order chi connectivity index (χ0) is 22.2. The third-order valence-corrected chi connectivity index (χ3v) is 6.73. The number of fused-ring (bicyclic) bond motifs is 1. The van der Waals surface area contributed by atoms with Crippen LogP contribution in [0.5, 0.6) is 0 Å². The first-order valence-electron chi connectivity index (χ1n) is 8.94. The molecule has 0 spiro atoms. The Morgan fingerprint density at radius 1 is 1.16 bits per heavy atom. The second-order valence-corrected chi connectivity index (χ2v) is 8.52. The Morgan fingerprint density at radius 3 is 2.58 bits per heavy atom. The molecule has 1 aliphatic heterocycles. The molecule has 160 valence electrons. The molecule has 2 aromatic heterocycles. The predicted octanol–water partition coefficient (Wildman–Crippen LogP) is 0.292. The number of aromatic nitrogens is 4. The summed E-state index contributed by atoms with van der Waals surface area (Å²) in [5.74, 6) is -0.962. The van der Waals surface area contributed by atoms with Gasteiger partial charge in [-0.3, -0.25) is 14.9 Å². The van der Waals surface area contributed by atoms with Gasteiger partial charge in [0.2, 0.25) is 10.0 Å². The molecule has 0 unspecified atom stereocenters. The van der Waals surface area contributed by atoms with Gasteiger partial charge in [-0.25, -0.2) is 28.4 Å². The molecule has 1 saturated heterocycles. The highest BCUT2D eigenvalue weighted by Gasteiger charge is 2.40. The van der Waals surface area contributed by atoms with Crippen LogP contribution in [0.3, 0.4) is 0 Å². The quantitative estimate of drug-likeness (QED) is 0.422. The van der Waals surface area contributed by atoms with Gasteiger partial charge in [-0.05, 0) is 12.1 Å². The molecule has 1 N–H and O–H groups in total. The van der Waals surface area contributed by atoms with Gasteiger partial charge in [0.25, 0.3) is 5.69 Å². The molecule has 0 radical (unpaired) electrons. The van der Waals surface area contributed by atoms with Crippen LogP contribution in [0.2, 0.25) is 0 Å². The second kappa shape index (κ2) is 7.81. The second-order valence-electron chi connectivity index (χ2n) is 6.63. The summed E-state index contributed by atoms with van der Waals surface area (Å²) >= 11 is 0. The lowest BCUT2D eigenvalue weighted by Gasteiger charge is -2.38. The number of carbonyl (C=O) groups is 1.